The molecule has 2 aliphatic rings. The molecule has 4 nitrogen and oxygen atoms in total. The van der Waals surface area contributed by atoms with E-state index >= 15 is 0 Å². The van der Waals surface area contributed by atoms with Crippen molar-refractivity contribution in [1.82, 2.24) is 15.2 Å². The topological polar surface area (TPSA) is 45.2 Å². The molecular weight excluding hydrogens is 297 g/mol. The largest absolute Gasteiger partial charge is 0.348 e. The average Bonchev–Trinajstić information content (AvgIpc) is 2.85. The van der Waals surface area contributed by atoms with Crippen LogP contribution in [0.4, 0.5) is 0 Å². The van der Waals surface area contributed by atoms with Gasteiger partial charge in [0.15, 0.2) is 0 Å². The normalized spacial score (nSPS) is 26.3. The van der Waals surface area contributed by atoms with Gasteiger partial charge in [0.05, 0.1) is 10.6 Å². The minimum Gasteiger partial charge on any atom is -0.348 e. The number of hydrogen-bond acceptors (Lipinski definition) is 3. The van der Waals surface area contributed by atoms with Gasteiger partial charge in [0, 0.05) is 24.8 Å². The third-order valence-corrected chi connectivity index (χ3v) is 4.92. The number of amides is 1. The van der Waals surface area contributed by atoms with Crippen molar-refractivity contribution >= 4 is 29.1 Å². The third-order valence-electron chi connectivity index (χ3n) is 4.23. The van der Waals surface area contributed by atoms with E-state index < -0.39 is 0 Å². The fourth-order valence-electron chi connectivity index (χ4n) is 3.21. The summed E-state index contributed by atoms with van der Waals surface area (Å²) >= 11 is 11.7. The molecule has 2 saturated heterocycles. The maximum Gasteiger partial charge on any atom is 0.253 e. The summed E-state index contributed by atoms with van der Waals surface area (Å²) < 4.78 is 0. The molecule has 0 radical (unpaired) electrons. The summed E-state index contributed by atoms with van der Waals surface area (Å²) in [4.78, 5) is 18.7. The molecule has 0 saturated carbocycles. The van der Waals surface area contributed by atoms with Gasteiger partial charge in [0.2, 0.25) is 0 Å². The van der Waals surface area contributed by atoms with Gasteiger partial charge in [-0.1, -0.05) is 29.6 Å². The number of hydrogen-bond donors (Lipinski definition) is 1. The summed E-state index contributed by atoms with van der Waals surface area (Å²) in [6.07, 6.45) is 6.18. The molecule has 20 heavy (non-hydrogen) atoms. The van der Waals surface area contributed by atoms with Crippen LogP contribution in [0.25, 0.3) is 0 Å². The number of rotatable bonds is 2. The number of aromatic nitrogens is 1. The Hall–Kier alpha value is -0.840. The molecule has 0 spiro atoms. The highest BCUT2D eigenvalue weighted by Crippen LogP contribution is 2.27. The highest BCUT2D eigenvalue weighted by molar-refractivity contribution is 6.41. The number of pyridine rings is 1. The molecule has 2 atom stereocenters. The summed E-state index contributed by atoms with van der Waals surface area (Å²) in [5, 5.41) is 3.65. The Labute approximate surface area is 128 Å². The first-order valence-electron chi connectivity index (χ1n) is 7.01. The van der Waals surface area contributed by atoms with E-state index in [2.05, 4.69) is 15.2 Å². The molecule has 3 rings (SSSR count). The predicted octanol–water partition coefficient (Wildman–Crippen LogP) is 2.75. The van der Waals surface area contributed by atoms with Crippen molar-refractivity contribution < 1.29 is 4.79 Å². The fourth-order valence-corrected chi connectivity index (χ4v) is 3.48. The number of fused-ring (bicyclic) bond motifs is 1. The molecule has 0 bridgehead atoms. The molecule has 1 N–H and O–H groups in total. The van der Waals surface area contributed by atoms with Crippen LogP contribution in [0.2, 0.25) is 10.2 Å². The minimum absolute atomic E-state index is 0.117. The van der Waals surface area contributed by atoms with Crippen LogP contribution in [0.1, 0.15) is 36.0 Å². The first kappa shape index (κ1) is 14.1. The number of nitrogens with one attached hydrogen (secondary N) is 1. The lowest BCUT2D eigenvalue weighted by Crippen LogP contribution is -2.46. The monoisotopic (exact) mass is 313 g/mol. The maximum atomic E-state index is 12.3. The summed E-state index contributed by atoms with van der Waals surface area (Å²) in [5.41, 5.74) is 0.466. The van der Waals surface area contributed by atoms with Gasteiger partial charge in [0.25, 0.3) is 5.91 Å². The van der Waals surface area contributed by atoms with Crippen molar-refractivity contribution in [2.45, 2.75) is 37.8 Å². The Kier molecular flexibility index (Phi) is 4.15. The minimum atomic E-state index is -0.117. The molecule has 0 aliphatic carbocycles. The molecule has 2 aliphatic heterocycles. The maximum absolute atomic E-state index is 12.3. The van der Waals surface area contributed by atoms with Gasteiger partial charge in [0.1, 0.15) is 5.15 Å². The number of piperidine rings is 1. The van der Waals surface area contributed by atoms with E-state index in [4.69, 9.17) is 23.2 Å². The van der Waals surface area contributed by atoms with Gasteiger partial charge in [-0.2, -0.15) is 0 Å². The zero-order valence-corrected chi connectivity index (χ0v) is 12.6. The molecule has 3 heterocycles. The second-order valence-corrected chi connectivity index (χ2v) is 6.23. The molecule has 108 valence electrons. The van der Waals surface area contributed by atoms with Crippen molar-refractivity contribution in [2.24, 2.45) is 0 Å². The molecule has 2 unspecified atom stereocenters. The first-order chi connectivity index (χ1) is 9.65. The van der Waals surface area contributed by atoms with Crippen LogP contribution >= 0.6 is 23.2 Å². The molecule has 1 amide bonds. The Morgan fingerprint density at radius 2 is 2.15 bits per heavy atom. The third kappa shape index (κ3) is 2.78. The van der Waals surface area contributed by atoms with E-state index in [1.165, 1.54) is 25.5 Å². The lowest BCUT2D eigenvalue weighted by molar-refractivity contribution is 0.0915. The van der Waals surface area contributed by atoms with Crippen LogP contribution in [-0.4, -0.2) is 41.0 Å². The average molecular weight is 314 g/mol. The van der Waals surface area contributed by atoms with Crippen molar-refractivity contribution in [3.8, 4) is 0 Å². The standard InChI is InChI=1S/C14H17Cl2N3O/c15-10-7-9(8-17-13(10)16)14(20)18-11-4-6-19-5-2-1-3-12(11)19/h7-8,11-12H,1-6H2,(H,18,20). The van der Waals surface area contributed by atoms with Crippen LogP contribution in [0, 0.1) is 0 Å². The molecule has 1 aromatic rings. The quantitative estimate of drug-likeness (QED) is 0.854. The number of carbonyl (C=O) groups is 1. The van der Waals surface area contributed by atoms with E-state index in [9.17, 15) is 4.79 Å². The van der Waals surface area contributed by atoms with Gasteiger partial charge in [-0.3, -0.25) is 9.69 Å². The van der Waals surface area contributed by atoms with E-state index in [0.717, 1.165) is 19.5 Å². The highest BCUT2D eigenvalue weighted by atomic mass is 35.5. The van der Waals surface area contributed by atoms with Gasteiger partial charge < -0.3 is 5.32 Å². The van der Waals surface area contributed by atoms with Crippen molar-refractivity contribution in [2.75, 3.05) is 13.1 Å². The van der Waals surface area contributed by atoms with E-state index in [1.54, 1.807) is 6.07 Å². The highest BCUT2D eigenvalue weighted by Gasteiger charge is 2.36. The van der Waals surface area contributed by atoms with Crippen LogP contribution < -0.4 is 5.32 Å². The summed E-state index contributed by atoms with van der Waals surface area (Å²) in [6, 6.07) is 2.29. The molecular formula is C14H17Cl2N3O. The van der Waals surface area contributed by atoms with Crippen LogP contribution in [0.5, 0.6) is 0 Å². The number of nitrogens with zero attached hydrogens (tertiary/aromatic N) is 2. The Morgan fingerprint density at radius 1 is 1.30 bits per heavy atom. The summed E-state index contributed by atoms with van der Waals surface area (Å²) in [5.74, 6) is -0.117. The van der Waals surface area contributed by atoms with Gasteiger partial charge in [-0.15, -0.1) is 0 Å². The van der Waals surface area contributed by atoms with Gasteiger partial charge >= 0.3 is 0 Å². The number of halogens is 2. The summed E-state index contributed by atoms with van der Waals surface area (Å²) in [7, 11) is 0. The van der Waals surface area contributed by atoms with Crippen molar-refractivity contribution in [3.05, 3.63) is 28.0 Å². The van der Waals surface area contributed by atoms with Crippen LogP contribution in [-0.2, 0) is 0 Å². The second kappa shape index (κ2) is 5.88. The second-order valence-electron chi connectivity index (χ2n) is 5.46. The smallest absolute Gasteiger partial charge is 0.253 e. The van der Waals surface area contributed by atoms with E-state index in [1.807, 2.05) is 0 Å². The van der Waals surface area contributed by atoms with Crippen molar-refractivity contribution in [3.63, 3.8) is 0 Å². The fraction of sp³-hybridized carbons (Fsp3) is 0.571. The van der Waals surface area contributed by atoms with E-state index in [-0.39, 0.29) is 17.1 Å². The predicted molar refractivity (Wildman–Crippen MR) is 79.3 cm³/mol. The Balaban J connectivity index is 1.68. The van der Waals surface area contributed by atoms with Gasteiger partial charge in [-0.25, -0.2) is 4.98 Å². The van der Waals surface area contributed by atoms with Gasteiger partial charge in [-0.05, 0) is 31.9 Å². The lowest BCUT2D eigenvalue weighted by atomic mass is 9.99. The Bertz CT molecular complexity index is 523. The Morgan fingerprint density at radius 3 is 2.95 bits per heavy atom. The van der Waals surface area contributed by atoms with E-state index in [0.29, 0.717) is 16.6 Å². The molecule has 2 fully saturated rings. The number of carbonyl (C=O) groups excluding carboxylic acids is 1. The van der Waals surface area contributed by atoms with Crippen LogP contribution in [0.3, 0.4) is 0 Å². The lowest BCUT2D eigenvalue weighted by Gasteiger charge is -2.32. The van der Waals surface area contributed by atoms with Crippen LogP contribution in [0.15, 0.2) is 12.3 Å². The first-order valence-corrected chi connectivity index (χ1v) is 7.77. The SMILES string of the molecule is O=C(NC1CCN2CCCCC12)c1cnc(Cl)c(Cl)c1. The molecule has 1 aromatic heterocycles. The molecule has 6 heteroatoms. The summed E-state index contributed by atoms with van der Waals surface area (Å²) in [6.45, 7) is 2.24. The molecule has 0 aromatic carbocycles. The zero-order valence-electron chi connectivity index (χ0n) is 11.1. The van der Waals surface area contributed by atoms with Crippen molar-refractivity contribution in [1.29, 1.82) is 0 Å². The zero-order chi connectivity index (χ0) is 14.1.